The number of nitrogens with one attached hydrogen (secondary N) is 1. The maximum atomic E-state index is 13.7. The van der Waals surface area contributed by atoms with Gasteiger partial charge < -0.3 is 5.32 Å². The lowest BCUT2D eigenvalue weighted by Gasteiger charge is -2.28. The highest BCUT2D eigenvalue weighted by atomic mass is 35.5. The van der Waals surface area contributed by atoms with E-state index in [1.54, 1.807) is 18.2 Å². The summed E-state index contributed by atoms with van der Waals surface area (Å²) in [4.78, 5) is 0. The second-order valence-electron chi connectivity index (χ2n) is 4.69. The van der Waals surface area contributed by atoms with E-state index >= 15 is 0 Å². The second kappa shape index (κ2) is 5.55. The van der Waals surface area contributed by atoms with Crippen LogP contribution in [0, 0.1) is 5.82 Å². The lowest BCUT2D eigenvalue weighted by atomic mass is 10.00. The molecule has 0 aliphatic heterocycles. The Balaban J connectivity index is 2.04. The van der Waals surface area contributed by atoms with Crippen molar-refractivity contribution in [1.29, 1.82) is 0 Å². The van der Waals surface area contributed by atoms with Crippen LogP contribution >= 0.6 is 23.2 Å². The van der Waals surface area contributed by atoms with E-state index < -0.39 is 0 Å². The van der Waals surface area contributed by atoms with E-state index in [1.807, 2.05) is 0 Å². The van der Waals surface area contributed by atoms with Gasteiger partial charge in [0.15, 0.2) is 0 Å². The first kappa shape index (κ1) is 13.1. The number of hydrogen-bond acceptors (Lipinski definition) is 1. The van der Waals surface area contributed by atoms with E-state index in [9.17, 15) is 4.39 Å². The minimum atomic E-state index is -0.329. The zero-order valence-electron chi connectivity index (χ0n) is 9.61. The summed E-state index contributed by atoms with van der Waals surface area (Å²) in [6, 6.07) is 5.09. The molecule has 0 heterocycles. The molecule has 1 aromatic carbocycles. The molecule has 0 amide bonds. The molecule has 1 nitrogen and oxygen atoms in total. The van der Waals surface area contributed by atoms with E-state index in [2.05, 4.69) is 5.32 Å². The number of rotatable bonds is 4. The van der Waals surface area contributed by atoms with Crippen LogP contribution in [0.4, 0.5) is 4.39 Å². The Bertz CT molecular complexity index is 389. The molecule has 94 valence electrons. The Morgan fingerprint density at radius 1 is 1.29 bits per heavy atom. The smallest absolute Gasteiger partial charge is 0.146 e. The van der Waals surface area contributed by atoms with Crippen LogP contribution in [-0.4, -0.2) is 11.4 Å². The molecule has 0 bridgehead atoms. The fraction of sp³-hybridized carbons (Fsp3) is 0.538. The van der Waals surface area contributed by atoms with Crippen molar-refractivity contribution in [2.75, 3.05) is 5.88 Å². The van der Waals surface area contributed by atoms with E-state index in [1.165, 1.54) is 12.8 Å². The van der Waals surface area contributed by atoms with Crippen molar-refractivity contribution in [3.63, 3.8) is 0 Å². The van der Waals surface area contributed by atoms with Crippen LogP contribution in [0.1, 0.15) is 31.2 Å². The summed E-state index contributed by atoms with van der Waals surface area (Å²) >= 11 is 11.8. The largest absolute Gasteiger partial charge is 0.306 e. The van der Waals surface area contributed by atoms with Crippen LogP contribution in [0.3, 0.4) is 0 Å². The molecule has 1 aromatic rings. The van der Waals surface area contributed by atoms with Gasteiger partial charge in [-0.15, -0.1) is 11.6 Å². The highest BCUT2D eigenvalue weighted by Crippen LogP contribution is 2.31. The maximum absolute atomic E-state index is 13.7. The second-order valence-corrected chi connectivity index (χ2v) is 5.36. The summed E-state index contributed by atoms with van der Waals surface area (Å²) < 4.78 is 13.7. The molecule has 0 saturated heterocycles. The minimum absolute atomic E-state index is 0.0175. The Labute approximate surface area is 111 Å². The third-order valence-corrected chi connectivity index (χ3v) is 4.31. The topological polar surface area (TPSA) is 12.0 Å². The molecule has 0 spiro atoms. The third kappa shape index (κ3) is 2.93. The number of alkyl halides is 1. The predicted octanol–water partition coefficient (Wildman–Crippen LogP) is 4.12. The standard InChI is InChI=1S/C13H16Cl2FN/c14-9-13(6-1-2-7-13)17-8-10-4-3-5-11(15)12(10)16/h3-5,17H,1-2,6-9H2. The zero-order valence-corrected chi connectivity index (χ0v) is 11.1. The van der Waals surface area contributed by atoms with E-state index in [4.69, 9.17) is 23.2 Å². The molecule has 1 aliphatic carbocycles. The minimum Gasteiger partial charge on any atom is -0.306 e. The van der Waals surface area contributed by atoms with Crippen molar-refractivity contribution in [2.24, 2.45) is 0 Å². The summed E-state index contributed by atoms with van der Waals surface area (Å²) in [6.45, 7) is 0.485. The molecule has 2 rings (SSSR count). The van der Waals surface area contributed by atoms with Crippen LogP contribution < -0.4 is 5.32 Å². The molecular formula is C13H16Cl2FN. The van der Waals surface area contributed by atoms with Gasteiger partial charge in [0, 0.05) is 23.5 Å². The van der Waals surface area contributed by atoms with Crippen molar-refractivity contribution < 1.29 is 4.39 Å². The first-order valence-electron chi connectivity index (χ1n) is 5.91. The summed E-state index contributed by atoms with van der Waals surface area (Å²) in [7, 11) is 0. The molecule has 1 aliphatic rings. The fourth-order valence-electron chi connectivity index (χ4n) is 2.38. The van der Waals surface area contributed by atoms with Gasteiger partial charge in [0.25, 0.3) is 0 Å². The van der Waals surface area contributed by atoms with Crippen molar-refractivity contribution in [1.82, 2.24) is 5.32 Å². The molecule has 0 atom stereocenters. The summed E-state index contributed by atoms with van der Waals surface area (Å²) in [5, 5.41) is 3.58. The van der Waals surface area contributed by atoms with Crippen LogP contribution in [-0.2, 0) is 6.54 Å². The first-order valence-corrected chi connectivity index (χ1v) is 6.82. The normalized spacial score (nSPS) is 18.5. The monoisotopic (exact) mass is 275 g/mol. The molecule has 17 heavy (non-hydrogen) atoms. The highest BCUT2D eigenvalue weighted by Gasteiger charge is 2.32. The van der Waals surface area contributed by atoms with Crippen LogP contribution in [0.5, 0.6) is 0 Å². The molecule has 0 radical (unpaired) electrons. The van der Waals surface area contributed by atoms with Crippen LogP contribution in [0.2, 0.25) is 5.02 Å². The van der Waals surface area contributed by atoms with Gasteiger partial charge in [0.05, 0.1) is 5.02 Å². The van der Waals surface area contributed by atoms with Crippen molar-refractivity contribution >= 4 is 23.2 Å². The Morgan fingerprint density at radius 2 is 2.00 bits per heavy atom. The van der Waals surface area contributed by atoms with Crippen molar-refractivity contribution in [3.05, 3.63) is 34.6 Å². The number of benzene rings is 1. The maximum Gasteiger partial charge on any atom is 0.146 e. The lowest BCUT2D eigenvalue weighted by molar-refractivity contribution is 0.364. The Kier molecular flexibility index (Phi) is 4.29. The SMILES string of the molecule is Fc1c(Cl)cccc1CNC1(CCl)CCCC1. The van der Waals surface area contributed by atoms with Gasteiger partial charge in [0.2, 0.25) is 0 Å². The van der Waals surface area contributed by atoms with Crippen molar-refractivity contribution in [2.45, 2.75) is 37.8 Å². The number of hydrogen-bond donors (Lipinski definition) is 1. The van der Waals surface area contributed by atoms with E-state index in [0.29, 0.717) is 18.0 Å². The van der Waals surface area contributed by atoms with Gasteiger partial charge >= 0.3 is 0 Å². The Hall–Kier alpha value is -0.310. The zero-order chi connectivity index (χ0) is 12.3. The van der Waals surface area contributed by atoms with Gasteiger partial charge in [-0.05, 0) is 18.9 Å². The average molecular weight is 276 g/mol. The Morgan fingerprint density at radius 3 is 2.65 bits per heavy atom. The highest BCUT2D eigenvalue weighted by molar-refractivity contribution is 6.30. The van der Waals surface area contributed by atoms with E-state index in [0.717, 1.165) is 12.8 Å². The van der Waals surface area contributed by atoms with Gasteiger partial charge in [-0.1, -0.05) is 36.6 Å². The molecule has 4 heteroatoms. The molecular weight excluding hydrogens is 260 g/mol. The lowest BCUT2D eigenvalue weighted by Crippen LogP contribution is -2.44. The molecule has 0 unspecified atom stereocenters. The predicted molar refractivity (Wildman–Crippen MR) is 70.2 cm³/mol. The molecule has 0 aromatic heterocycles. The van der Waals surface area contributed by atoms with Gasteiger partial charge in [-0.3, -0.25) is 0 Å². The van der Waals surface area contributed by atoms with Crippen molar-refractivity contribution in [3.8, 4) is 0 Å². The third-order valence-electron chi connectivity index (χ3n) is 3.50. The summed E-state index contributed by atoms with van der Waals surface area (Å²) in [6.07, 6.45) is 4.52. The van der Waals surface area contributed by atoms with Gasteiger partial charge in [-0.25, -0.2) is 4.39 Å². The van der Waals surface area contributed by atoms with Gasteiger partial charge in [0.1, 0.15) is 5.82 Å². The molecule has 1 saturated carbocycles. The van der Waals surface area contributed by atoms with Crippen LogP contribution in [0.15, 0.2) is 18.2 Å². The fourth-order valence-corrected chi connectivity index (χ4v) is 2.93. The molecule has 1 N–H and O–H groups in total. The quantitative estimate of drug-likeness (QED) is 0.816. The van der Waals surface area contributed by atoms with E-state index in [-0.39, 0.29) is 16.4 Å². The number of halogens is 3. The van der Waals surface area contributed by atoms with Gasteiger partial charge in [-0.2, -0.15) is 0 Å². The van der Waals surface area contributed by atoms with Crippen LogP contribution in [0.25, 0.3) is 0 Å². The molecule has 1 fully saturated rings. The average Bonchev–Trinajstić information content (AvgIpc) is 2.81. The summed E-state index contributed by atoms with van der Waals surface area (Å²) in [5.41, 5.74) is 0.588. The first-order chi connectivity index (χ1) is 8.17. The summed E-state index contributed by atoms with van der Waals surface area (Å²) in [5.74, 6) is 0.249.